The Bertz CT molecular complexity index is 569. The number of piperidine rings is 1. The van der Waals surface area contributed by atoms with Gasteiger partial charge in [-0.25, -0.2) is 0 Å². The number of benzene rings is 1. The quantitative estimate of drug-likeness (QED) is 0.549. The zero-order chi connectivity index (χ0) is 18.8. The fraction of sp³-hybridized carbons (Fsp3) is 0.650. The Morgan fingerprint density at radius 2 is 1.88 bits per heavy atom. The molecule has 0 atom stereocenters. The number of nitrogens with zero attached hydrogens (tertiary/aromatic N) is 2. The van der Waals surface area contributed by atoms with Crippen LogP contribution in [0.25, 0.3) is 0 Å². The summed E-state index contributed by atoms with van der Waals surface area (Å²) in [4.78, 5) is 7.37. The normalized spacial score (nSPS) is 16.4. The van der Waals surface area contributed by atoms with Gasteiger partial charge in [-0.2, -0.15) is 0 Å². The smallest absolute Gasteiger partial charge is 0.195 e. The molecule has 1 saturated heterocycles. The fourth-order valence-electron chi connectivity index (χ4n) is 3.29. The van der Waals surface area contributed by atoms with Crippen molar-refractivity contribution in [3.8, 4) is 11.5 Å². The number of hydrogen-bond acceptors (Lipinski definition) is 4. The third kappa shape index (κ3) is 6.09. The lowest BCUT2D eigenvalue weighted by Crippen LogP contribution is -2.36. The number of nitrogens with one attached hydrogen (secondary N) is 2. The lowest BCUT2D eigenvalue weighted by Gasteiger charge is -2.31. The number of hydrogen-bond donors (Lipinski definition) is 2. The molecule has 0 aromatic heterocycles. The summed E-state index contributed by atoms with van der Waals surface area (Å²) >= 11 is 0. The van der Waals surface area contributed by atoms with Crippen LogP contribution in [0.15, 0.2) is 23.2 Å². The summed E-state index contributed by atoms with van der Waals surface area (Å²) in [6, 6.07) is 5.79. The Hall–Kier alpha value is -1.95. The summed E-state index contributed by atoms with van der Waals surface area (Å²) in [7, 11) is 3.29. The van der Waals surface area contributed by atoms with Gasteiger partial charge in [0.05, 0.1) is 14.2 Å². The number of guanidine groups is 1. The first-order valence-corrected chi connectivity index (χ1v) is 9.69. The van der Waals surface area contributed by atoms with Crippen molar-refractivity contribution in [3.05, 3.63) is 18.2 Å². The van der Waals surface area contributed by atoms with Crippen molar-refractivity contribution in [1.29, 1.82) is 0 Å². The van der Waals surface area contributed by atoms with E-state index in [-0.39, 0.29) is 0 Å². The average Bonchev–Trinajstić information content (AvgIpc) is 2.67. The predicted octanol–water partition coefficient (Wildman–Crippen LogP) is 3.20. The van der Waals surface area contributed by atoms with Crippen molar-refractivity contribution in [2.24, 2.45) is 10.9 Å². The van der Waals surface area contributed by atoms with E-state index < -0.39 is 0 Å². The molecule has 1 fully saturated rings. The standard InChI is InChI=1S/C20H34N4O2/c1-5-11-24-12-9-16(10-13-24)15-22-20(21-6-2)23-17-7-8-18(25-3)19(14-17)26-4/h7-8,14,16H,5-6,9-13,15H2,1-4H3,(H2,21,22,23). The van der Waals surface area contributed by atoms with Crippen LogP contribution < -0.4 is 20.1 Å². The van der Waals surface area contributed by atoms with Crippen LogP contribution >= 0.6 is 0 Å². The third-order valence-corrected chi connectivity index (χ3v) is 4.75. The predicted molar refractivity (Wildman–Crippen MR) is 109 cm³/mol. The first kappa shape index (κ1) is 20.4. The SMILES string of the molecule is CCCN1CCC(CN=C(NCC)Nc2ccc(OC)c(OC)c2)CC1. The highest BCUT2D eigenvalue weighted by molar-refractivity contribution is 5.93. The van der Waals surface area contributed by atoms with E-state index in [0.717, 1.165) is 30.5 Å². The van der Waals surface area contributed by atoms with Gasteiger partial charge in [0.15, 0.2) is 17.5 Å². The van der Waals surface area contributed by atoms with Gasteiger partial charge in [-0.05, 0) is 63.9 Å². The molecule has 0 radical (unpaired) electrons. The van der Waals surface area contributed by atoms with E-state index >= 15 is 0 Å². The molecule has 0 amide bonds. The summed E-state index contributed by atoms with van der Waals surface area (Å²) in [6.07, 6.45) is 3.71. The van der Waals surface area contributed by atoms with Crippen LogP contribution in [0.5, 0.6) is 11.5 Å². The molecule has 1 aromatic rings. The molecule has 6 nitrogen and oxygen atoms in total. The number of rotatable bonds is 8. The van der Waals surface area contributed by atoms with Crippen LogP contribution in [0.4, 0.5) is 5.69 Å². The van der Waals surface area contributed by atoms with E-state index in [0.29, 0.717) is 11.7 Å². The van der Waals surface area contributed by atoms with Crippen molar-refractivity contribution < 1.29 is 9.47 Å². The summed E-state index contributed by atoms with van der Waals surface area (Å²) in [5, 5.41) is 6.69. The molecule has 0 unspecified atom stereocenters. The zero-order valence-electron chi connectivity index (χ0n) is 16.7. The van der Waals surface area contributed by atoms with Crippen molar-refractivity contribution >= 4 is 11.6 Å². The third-order valence-electron chi connectivity index (χ3n) is 4.75. The van der Waals surface area contributed by atoms with E-state index in [2.05, 4.69) is 29.4 Å². The minimum absolute atomic E-state index is 0.670. The highest BCUT2D eigenvalue weighted by Gasteiger charge is 2.18. The Morgan fingerprint density at radius 1 is 1.15 bits per heavy atom. The average molecular weight is 363 g/mol. The first-order valence-electron chi connectivity index (χ1n) is 9.69. The molecular weight excluding hydrogens is 328 g/mol. The lowest BCUT2D eigenvalue weighted by molar-refractivity contribution is 0.188. The van der Waals surface area contributed by atoms with Gasteiger partial charge in [0.25, 0.3) is 0 Å². The van der Waals surface area contributed by atoms with Gasteiger partial charge in [-0.3, -0.25) is 4.99 Å². The van der Waals surface area contributed by atoms with Crippen LogP contribution in [0, 0.1) is 5.92 Å². The maximum absolute atomic E-state index is 5.37. The number of anilines is 1. The molecule has 2 rings (SSSR count). The number of aliphatic imine (C=N–C) groups is 1. The molecule has 1 aliphatic heterocycles. The van der Waals surface area contributed by atoms with E-state index in [1.807, 2.05) is 18.2 Å². The molecule has 0 saturated carbocycles. The topological polar surface area (TPSA) is 58.1 Å². The van der Waals surface area contributed by atoms with Crippen LogP contribution in [-0.2, 0) is 0 Å². The molecule has 1 heterocycles. The van der Waals surface area contributed by atoms with Crippen molar-refractivity contribution in [2.75, 3.05) is 52.3 Å². The van der Waals surface area contributed by atoms with Crippen LogP contribution in [0.2, 0.25) is 0 Å². The van der Waals surface area contributed by atoms with Gasteiger partial charge in [0.2, 0.25) is 0 Å². The molecule has 0 bridgehead atoms. The Labute approximate surface area is 158 Å². The van der Waals surface area contributed by atoms with Gasteiger partial charge in [-0.1, -0.05) is 6.92 Å². The van der Waals surface area contributed by atoms with Crippen LogP contribution in [-0.4, -0.2) is 57.8 Å². The summed E-state index contributed by atoms with van der Waals surface area (Å²) in [5.74, 6) is 2.91. The maximum atomic E-state index is 5.37. The highest BCUT2D eigenvalue weighted by Crippen LogP contribution is 2.29. The minimum Gasteiger partial charge on any atom is -0.493 e. The summed E-state index contributed by atoms with van der Waals surface area (Å²) in [5.41, 5.74) is 0.931. The number of methoxy groups -OCH3 is 2. The largest absolute Gasteiger partial charge is 0.493 e. The van der Waals surface area contributed by atoms with Crippen LogP contribution in [0.3, 0.4) is 0 Å². The molecule has 1 aromatic carbocycles. The van der Waals surface area contributed by atoms with E-state index in [1.54, 1.807) is 14.2 Å². The molecule has 0 aliphatic carbocycles. The maximum Gasteiger partial charge on any atom is 0.195 e. The molecule has 1 aliphatic rings. The molecule has 6 heteroatoms. The first-order chi connectivity index (χ1) is 12.7. The fourth-order valence-corrected chi connectivity index (χ4v) is 3.29. The summed E-state index contributed by atoms with van der Waals surface area (Å²) in [6.45, 7) is 9.64. The van der Waals surface area contributed by atoms with Gasteiger partial charge in [0, 0.05) is 24.8 Å². The Kier molecular flexibility index (Phi) is 8.54. The van der Waals surface area contributed by atoms with Crippen molar-refractivity contribution in [2.45, 2.75) is 33.1 Å². The molecular formula is C20H34N4O2. The van der Waals surface area contributed by atoms with E-state index in [1.165, 1.54) is 38.9 Å². The second-order valence-corrected chi connectivity index (χ2v) is 6.70. The second kappa shape index (κ2) is 10.9. The monoisotopic (exact) mass is 362 g/mol. The van der Waals surface area contributed by atoms with Gasteiger partial charge in [0.1, 0.15) is 0 Å². The minimum atomic E-state index is 0.670. The molecule has 0 spiro atoms. The van der Waals surface area contributed by atoms with E-state index in [9.17, 15) is 0 Å². The van der Waals surface area contributed by atoms with Gasteiger partial charge >= 0.3 is 0 Å². The van der Waals surface area contributed by atoms with Gasteiger partial charge in [-0.15, -0.1) is 0 Å². The van der Waals surface area contributed by atoms with Crippen molar-refractivity contribution in [1.82, 2.24) is 10.2 Å². The number of likely N-dealkylation sites (tertiary alicyclic amines) is 1. The Balaban J connectivity index is 1.94. The second-order valence-electron chi connectivity index (χ2n) is 6.70. The molecule has 26 heavy (non-hydrogen) atoms. The molecule has 2 N–H and O–H groups in total. The van der Waals surface area contributed by atoms with E-state index in [4.69, 9.17) is 14.5 Å². The molecule has 146 valence electrons. The number of ether oxygens (including phenoxy) is 2. The van der Waals surface area contributed by atoms with Crippen molar-refractivity contribution in [3.63, 3.8) is 0 Å². The van der Waals surface area contributed by atoms with Crippen LogP contribution in [0.1, 0.15) is 33.1 Å². The summed E-state index contributed by atoms with van der Waals surface area (Å²) < 4.78 is 10.7. The van der Waals surface area contributed by atoms with Gasteiger partial charge < -0.3 is 25.0 Å². The highest BCUT2D eigenvalue weighted by atomic mass is 16.5. The zero-order valence-corrected chi connectivity index (χ0v) is 16.7. The Morgan fingerprint density at radius 3 is 2.50 bits per heavy atom. The lowest BCUT2D eigenvalue weighted by atomic mass is 9.97.